The molecule has 0 rings (SSSR count). The number of carbonyl (C=O) groups is 2. The fourth-order valence-corrected chi connectivity index (χ4v) is 0.281. The summed E-state index contributed by atoms with van der Waals surface area (Å²) in [7, 11) is 0. The first kappa shape index (κ1) is 14.4. The minimum absolute atomic E-state index is 0.211. The molecule has 0 aromatic rings. The van der Waals surface area contributed by atoms with E-state index >= 15 is 0 Å². The zero-order valence-corrected chi connectivity index (χ0v) is 7.69. The molecule has 1 atom stereocenters. The van der Waals surface area contributed by atoms with Crippen molar-refractivity contribution < 1.29 is 24.5 Å². The van der Waals surface area contributed by atoms with Gasteiger partial charge in [0.05, 0.1) is 13.2 Å². The van der Waals surface area contributed by atoms with Gasteiger partial charge in [0.25, 0.3) is 0 Å². The van der Waals surface area contributed by atoms with Crippen LogP contribution in [0.4, 0.5) is 0 Å². The summed E-state index contributed by atoms with van der Waals surface area (Å²) in [4.78, 5) is 19.5. The number of carbonyl (C=O) groups excluding carboxylic acids is 1. The molecule has 0 aliphatic rings. The summed E-state index contributed by atoms with van der Waals surface area (Å²) < 4.78 is 4.40. The average molecular weight is 193 g/mol. The number of hydrogen-bond acceptors (Lipinski definition) is 5. The first-order valence-electron chi connectivity index (χ1n) is 3.68. The molecule has 6 nitrogen and oxygen atoms in total. The maximum atomic E-state index is 9.82. The van der Waals surface area contributed by atoms with Crippen LogP contribution in [0, 0.1) is 0 Å². The van der Waals surface area contributed by atoms with Gasteiger partial charge in [0.15, 0.2) is 0 Å². The topological polar surface area (TPSA) is 110 Å². The van der Waals surface area contributed by atoms with Gasteiger partial charge in [-0.2, -0.15) is 0 Å². The first-order valence-corrected chi connectivity index (χ1v) is 3.68. The molecule has 0 heterocycles. The summed E-state index contributed by atoms with van der Waals surface area (Å²) in [6.45, 7) is 3.15. The quantitative estimate of drug-likeness (QED) is 0.494. The van der Waals surface area contributed by atoms with Gasteiger partial charge in [-0.1, -0.05) is 0 Å². The molecule has 0 aromatic carbocycles. The van der Waals surface area contributed by atoms with Gasteiger partial charge in [-0.05, 0) is 6.92 Å². The second kappa shape index (κ2) is 8.95. The third-order valence-corrected chi connectivity index (χ3v) is 0.861. The number of nitrogens with two attached hydrogens (primary N) is 1. The number of hydrogen-bond donors (Lipinski definition) is 3. The predicted octanol–water partition coefficient (Wildman–Crippen LogP) is -1.04. The van der Waals surface area contributed by atoms with Crippen molar-refractivity contribution in [1.29, 1.82) is 0 Å². The Kier molecular flexibility index (Phi) is 9.91. The SMILES string of the molecule is CCOC(C)=O.NC(CO)C(=O)O. The zero-order chi connectivity index (χ0) is 10.9. The lowest BCUT2D eigenvalue weighted by Crippen LogP contribution is -2.33. The van der Waals surface area contributed by atoms with Crippen LogP contribution in [0.2, 0.25) is 0 Å². The van der Waals surface area contributed by atoms with E-state index in [1.165, 1.54) is 6.92 Å². The van der Waals surface area contributed by atoms with Crippen LogP contribution in [-0.2, 0) is 14.3 Å². The Balaban J connectivity index is 0. The summed E-state index contributed by atoms with van der Waals surface area (Å²) in [6.07, 6.45) is 0. The second-order valence-electron chi connectivity index (χ2n) is 2.05. The summed E-state index contributed by atoms with van der Waals surface area (Å²) >= 11 is 0. The Morgan fingerprint density at radius 2 is 2.00 bits per heavy atom. The van der Waals surface area contributed by atoms with Crippen LogP contribution < -0.4 is 5.73 Å². The van der Waals surface area contributed by atoms with Crippen LogP contribution in [0.25, 0.3) is 0 Å². The number of aliphatic hydroxyl groups is 1. The van der Waals surface area contributed by atoms with Gasteiger partial charge >= 0.3 is 11.9 Å². The smallest absolute Gasteiger partial charge is 0.322 e. The lowest BCUT2D eigenvalue weighted by Gasteiger charge is -1.96. The maximum Gasteiger partial charge on any atom is 0.322 e. The standard InChI is InChI=1S/C4H8O2.C3H7NO3/c1-3-6-4(2)5;4-2(1-5)3(6)7/h3H2,1-2H3;2,5H,1,4H2,(H,6,7). The molecule has 6 heteroatoms. The molecule has 1 unspecified atom stereocenters. The van der Waals surface area contributed by atoms with E-state index in [2.05, 4.69) is 4.74 Å². The predicted molar refractivity (Wildman–Crippen MR) is 45.0 cm³/mol. The number of aliphatic carboxylic acids is 1. The Morgan fingerprint density at radius 1 is 1.54 bits per heavy atom. The Hall–Kier alpha value is -1.14. The lowest BCUT2D eigenvalue weighted by atomic mass is 10.3. The highest BCUT2D eigenvalue weighted by Crippen LogP contribution is 1.71. The zero-order valence-electron chi connectivity index (χ0n) is 7.69. The Labute approximate surface area is 76.3 Å². The van der Waals surface area contributed by atoms with E-state index in [-0.39, 0.29) is 5.97 Å². The third kappa shape index (κ3) is 13.8. The molecule has 0 aliphatic carbocycles. The number of carboxylic acid groups (broad SMARTS) is 1. The molecule has 0 saturated carbocycles. The van der Waals surface area contributed by atoms with E-state index in [9.17, 15) is 9.59 Å². The van der Waals surface area contributed by atoms with Crippen molar-refractivity contribution in [2.45, 2.75) is 19.9 Å². The van der Waals surface area contributed by atoms with Crippen LogP contribution in [0.5, 0.6) is 0 Å². The molecule has 0 aliphatic heterocycles. The number of rotatable bonds is 3. The van der Waals surface area contributed by atoms with E-state index in [0.29, 0.717) is 6.61 Å². The van der Waals surface area contributed by atoms with Crippen LogP contribution in [-0.4, -0.2) is 41.4 Å². The van der Waals surface area contributed by atoms with Gasteiger partial charge in [0.2, 0.25) is 0 Å². The van der Waals surface area contributed by atoms with Crippen molar-refractivity contribution in [3.63, 3.8) is 0 Å². The minimum Gasteiger partial charge on any atom is -0.480 e. The van der Waals surface area contributed by atoms with Crippen molar-refractivity contribution >= 4 is 11.9 Å². The van der Waals surface area contributed by atoms with Crippen molar-refractivity contribution in [1.82, 2.24) is 0 Å². The molecule has 0 spiro atoms. The second-order valence-corrected chi connectivity index (χ2v) is 2.05. The summed E-state index contributed by atoms with van der Waals surface area (Å²) in [5.41, 5.74) is 4.77. The Morgan fingerprint density at radius 3 is 2.00 bits per heavy atom. The van der Waals surface area contributed by atoms with Crippen LogP contribution in [0.15, 0.2) is 0 Å². The third-order valence-electron chi connectivity index (χ3n) is 0.861. The van der Waals surface area contributed by atoms with Crippen LogP contribution >= 0.6 is 0 Å². The highest BCUT2D eigenvalue weighted by molar-refractivity contribution is 5.73. The summed E-state index contributed by atoms with van der Waals surface area (Å²) in [6, 6.07) is -1.13. The highest BCUT2D eigenvalue weighted by Gasteiger charge is 2.06. The average Bonchev–Trinajstić information content (AvgIpc) is 2.03. The van der Waals surface area contributed by atoms with E-state index in [1.807, 2.05) is 0 Å². The van der Waals surface area contributed by atoms with Crippen molar-refractivity contribution in [3.8, 4) is 0 Å². The lowest BCUT2D eigenvalue weighted by molar-refractivity contribution is -0.141. The number of aliphatic hydroxyl groups excluding tert-OH is 1. The number of ether oxygens (including phenoxy) is 1. The van der Waals surface area contributed by atoms with Gasteiger partial charge < -0.3 is 20.7 Å². The van der Waals surface area contributed by atoms with Crippen molar-refractivity contribution in [2.75, 3.05) is 13.2 Å². The van der Waals surface area contributed by atoms with Crippen LogP contribution in [0.3, 0.4) is 0 Å². The molecule has 0 aromatic heterocycles. The highest BCUT2D eigenvalue weighted by atomic mass is 16.5. The summed E-state index contributed by atoms with van der Waals surface area (Å²) in [5.74, 6) is -1.39. The van der Waals surface area contributed by atoms with Gasteiger partial charge in [-0.15, -0.1) is 0 Å². The van der Waals surface area contributed by atoms with Crippen molar-refractivity contribution in [2.24, 2.45) is 5.73 Å². The molecule has 0 bridgehead atoms. The number of esters is 1. The van der Waals surface area contributed by atoms with E-state index < -0.39 is 18.6 Å². The van der Waals surface area contributed by atoms with E-state index in [0.717, 1.165) is 0 Å². The fraction of sp³-hybridized carbons (Fsp3) is 0.714. The normalized spacial score (nSPS) is 10.8. The van der Waals surface area contributed by atoms with Gasteiger partial charge in [-0.25, -0.2) is 0 Å². The summed E-state index contributed by atoms with van der Waals surface area (Å²) in [5, 5.41) is 15.9. The first-order chi connectivity index (χ1) is 5.95. The molecule has 13 heavy (non-hydrogen) atoms. The molecular weight excluding hydrogens is 178 g/mol. The molecule has 4 N–H and O–H groups in total. The number of carboxylic acids is 1. The molecule has 78 valence electrons. The van der Waals surface area contributed by atoms with Gasteiger partial charge in [0.1, 0.15) is 6.04 Å². The van der Waals surface area contributed by atoms with Gasteiger partial charge in [0, 0.05) is 6.92 Å². The molecule has 0 fully saturated rings. The van der Waals surface area contributed by atoms with Crippen molar-refractivity contribution in [3.05, 3.63) is 0 Å². The minimum atomic E-state index is -1.18. The molecule has 0 amide bonds. The largest absolute Gasteiger partial charge is 0.480 e. The van der Waals surface area contributed by atoms with Crippen LogP contribution in [0.1, 0.15) is 13.8 Å². The molecule has 0 saturated heterocycles. The van der Waals surface area contributed by atoms with E-state index in [1.54, 1.807) is 6.92 Å². The molecule has 0 radical (unpaired) electrons. The monoisotopic (exact) mass is 193 g/mol. The Bertz CT molecular complexity index is 159. The fourth-order valence-electron chi connectivity index (χ4n) is 0.281. The maximum absolute atomic E-state index is 9.82. The molecular formula is C7H15NO5. The van der Waals surface area contributed by atoms with Gasteiger partial charge in [-0.3, -0.25) is 9.59 Å². The van der Waals surface area contributed by atoms with E-state index in [4.69, 9.17) is 15.9 Å².